The molecule has 1 saturated heterocycles. The second-order valence-electron chi connectivity index (χ2n) is 13.3. The summed E-state index contributed by atoms with van der Waals surface area (Å²) < 4.78 is 0. The van der Waals surface area contributed by atoms with Gasteiger partial charge in [-0.1, -0.05) is 118 Å². The third kappa shape index (κ3) is 13.1. The van der Waals surface area contributed by atoms with Gasteiger partial charge in [-0.05, 0) is 75.2 Å². The maximum atomic E-state index is 4.08. The van der Waals surface area contributed by atoms with E-state index in [1.54, 1.807) is 0 Å². The third-order valence-electron chi connectivity index (χ3n) is 9.74. The van der Waals surface area contributed by atoms with Gasteiger partial charge in [0.2, 0.25) is 0 Å². The van der Waals surface area contributed by atoms with E-state index in [-0.39, 0.29) is 0 Å². The average Bonchev–Trinajstić information content (AvgIpc) is 2.87. The van der Waals surface area contributed by atoms with Crippen molar-refractivity contribution in [1.82, 2.24) is 10.2 Å². The van der Waals surface area contributed by atoms with Crippen LogP contribution in [0.15, 0.2) is 0 Å². The topological polar surface area (TPSA) is 15.3 Å². The summed E-state index contributed by atoms with van der Waals surface area (Å²) in [6.45, 7) is 14.9. The summed E-state index contributed by atoms with van der Waals surface area (Å²) in [6.07, 6.45) is 31.5. The van der Waals surface area contributed by atoms with E-state index in [9.17, 15) is 0 Å². The second-order valence-corrected chi connectivity index (χ2v) is 13.3. The Morgan fingerprint density at radius 2 is 1.14 bits per heavy atom. The van der Waals surface area contributed by atoms with Crippen molar-refractivity contribution in [3.05, 3.63) is 0 Å². The van der Waals surface area contributed by atoms with Crippen LogP contribution in [-0.4, -0.2) is 37.1 Å². The molecule has 0 aromatic carbocycles. The molecule has 2 rings (SSSR count). The van der Waals surface area contributed by atoms with E-state index in [2.05, 4.69) is 37.9 Å². The first-order valence-corrected chi connectivity index (χ1v) is 17.1. The second kappa shape index (κ2) is 19.9. The molecule has 2 fully saturated rings. The quantitative estimate of drug-likeness (QED) is 0.139. The minimum atomic E-state index is 0.702. The standard InChI is InChI=1S/C34H68N2/c1-5-9-13-15-18-22-33(21-16-11-7-3)35-27-31-23-25-34(26-24-31)29-36(30-34)28-32(19-12-8-4)20-17-14-10-6-2/h31-33,35H,5-30H2,1-4H3. The predicted molar refractivity (Wildman–Crippen MR) is 162 cm³/mol. The van der Waals surface area contributed by atoms with Gasteiger partial charge >= 0.3 is 0 Å². The lowest BCUT2D eigenvalue weighted by Crippen LogP contribution is -2.58. The molecule has 2 nitrogen and oxygen atoms in total. The van der Waals surface area contributed by atoms with Gasteiger partial charge in [0, 0.05) is 25.7 Å². The molecule has 2 unspecified atom stereocenters. The molecule has 36 heavy (non-hydrogen) atoms. The number of hydrogen-bond donors (Lipinski definition) is 1. The summed E-state index contributed by atoms with van der Waals surface area (Å²) in [5.74, 6) is 1.90. The Bertz CT molecular complexity index is 487. The molecule has 0 radical (unpaired) electrons. The summed E-state index contributed by atoms with van der Waals surface area (Å²) in [5.41, 5.74) is 0.702. The summed E-state index contributed by atoms with van der Waals surface area (Å²) in [4.78, 5) is 2.85. The van der Waals surface area contributed by atoms with E-state index >= 15 is 0 Å². The van der Waals surface area contributed by atoms with Gasteiger partial charge in [-0.15, -0.1) is 0 Å². The highest BCUT2D eigenvalue weighted by Gasteiger charge is 2.45. The molecule has 1 saturated carbocycles. The normalized spacial score (nSPS) is 20.0. The molecule has 1 heterocycles. The van der Waals surface area contributed by atoms with Gasteiger partial charge in [-0.2, -0.15) is 0 Å². The Labute approximate surface area is 228 Å². The number of hydrogen-bond acceptors (Lipinski definition) is 2. The number of nitrogens with zero attached hydrogens (tertiary/aromatic N) is 1. The Morgan fingerprint density at radius 1 is 0.639 bits per heavy atom. The smallest absolute Gasteiger partial charge is 0.00671 e. The van der Waals surface area contributed by atoms with Crippen molar-refractivity contribution < 1.29 is 0 Å². The van der Waals surface area contributed by atoms with E-state index < -0.39 is 0 Å². The number of likely N-dealkylation sites (tertiary alicyclic amines) is 1. The highest BCUT2D eigenvalue weighted by molar-refractivity contribution is 4.98. The Kier molecular flexibility index (Phi) is 17.8. The van der Waals surface area contributed by atoms with E-state index in [4.69, 9.17) is 0 Å². The van der Waals surface area contributed by atoms with Crippen LogP contribution in [0.1, 0.15) is 169 Å². The maximum Gasteiger partial charge on any atom is 0.00671 e. The molecule has 0 aromatic rings. The van der Waals surface area contributed by atoms with Crippen molar-refractivity contribution in [2.75, 3.05) is 26.2 Å². The number of nitrogens with one attached hydrogen (secondary N) is 1. The lowest BCUT2D eigenvalue weighted by atomic mass is 9.65. The van der Waals surface area contributed by atoms with Gasteiger partial charge in [0.05, 0.1) is 0 Å². The zero-order valence-electron chi connectivity index (χ0n) is 25.6. The molecule has 1 aliphatic carbocycles. The number of unbranched alkanes of at least 4 members (excludes halogenated alkanes) is 10. The van der Waals surface area contributed by atoms with Crippen molar-refractivity contribution in [3.63, 3.8) is 0 Å². The van der Waals surface area contributed by atoms with Crippen LogP contribution in [0.5, 0.6) is 0 Å². The summed E-state index contributed by atoms with van der Waals surface area (Å²) in [6, 6.07) is 0.783. The molecule has 1 aliphatic heterocycles. The molecular weight excluding hydrogens is 436 g/mol. The molecule has 2 heteroatoms. The zero-order chi connectivity index (χ0) is 25.9. The highest BCUT2D eigenvalue weighted by atomic mass is 15.2. The summed E-state index contributed by atoms with van der Waals surface area (Å²) >= 11 is 0. The lowest BCUT2D eigenvalue weighted by molar-refractivity contribution is -0.0469. The average molecular weight is 505 g/mol. The maximum absolute atomic E-state index is 4.08. The fourth-order valence-electron chi connectivity index (χ4n) is 7.20. The van der Waals surface area contributed by atoms with Crippen molar-refractivity contribution in [3.8, 4) is 0 Å². The fourth-order valence-corrected chi connectivity index (χ4v) is 7.20. The van der Waals surface area contributed by atoms with Gasteiger partial charge in [-0.25, -0.2) is 0 Å². The van der Waals surface area contributed by atoms with Gasteiger partial charge in [-0.3, -0.25) is 0 Å². The zero-order valence-corrected chi connectivity index (χ0v) is 25.6. The molecule has 0 bridgehead atoms. The van der Waals surface area contributed by atoms with Gasteiger partial charge in [0.1, 0.15) is 0 Å². The minimum absolute atomic E-state index is 0.702. The van der Waals surface area contributed by atoms with Crippen LogP contribution >= 0.6 is 0 Å². The van der Waals surface area contributed by atoms with Crippen LogP contribution in [0.3, 0.4) is 0 Å². The largest absolute Gasteiger partial charge is 0.314 e. The van der Waals surface area contributed by atoms with E-state index in [1.807, 2.05) is 0 Å². The molecule has 0 amide bonds. The first kappa shape index (κ1) is 32.1. The van der Waals surface area contributed by atoms with Crippen molar-refractivity contribution in [1.29, 1.82) is 0 Å². The van der Waals surface area contributed by atoms with Crippen molar-refractivity contribution in [2.45, 2.75) is 175 Å². The van der Waals surface area contributed by atoms with Crippen LogP contribution in [-0.2, 0) is 0 Å². The number of rotatable bonds is 23. The molecule has 2 atom stereocenters. The van der Waals surface area contributed by atoms with Crippen LogP contribution in [0, 0.1) is 17.3 Å². The first-order chi connectivity index (χ1) is 17.6. The minimum Gasteiger partial charge on any atom is -0.314 e. The molecule has 214 valence electrons. The van der Waals surface area contributed by atoms with Crippen LogP contribution in [0.25, 0.3) is 0 Å². The van der Waals surface area contributed by atoms with Crippen LogP contribution in [0.2, 0.25) is 0 Å². The molecular formula is C34H68N2. The van der Waals surface area contributed by atoms with Gasteiger partial charge in [0.25, 0.3) is 0 Å². The Balaban J connectivity index is 1.65. The van der Waals surface area contributed by atoms with Crippen molar-refractivity contribution >= 4 is 0 Å². The van der Waals surface area contributed by atoms with Crippen molar-refractivity contribution in [2.24, 2.45) is 17.3 Å². The van der Waals surface area contributed by atoms with Crippen LogP contribution < -0.4 is 5.32 Å². The van der Waals surface area contributed by atoms with E-state index in [1.165, 1.54) is 167 Å². The van der Waals surface area contributed by atoms with E-state index in [0.717, 1.165) is 17.9 Å². The molecule has 1 N–H and O–H groups in total. The first-order valence-electron chi connectivity index (χ1n) is 17.1. The Morgan fingerprint density at radius 3 is 1.78 bits per heavy atom. The Hall–Kier alpha value is -0.0800. The third-order valence-corrected chi connectivity index (χ3v) is 9.74. The lowest BCUT2D eigenvalue weighted by Gasteiger charge is -2.54. The molecule has 0 aromatic heterocycles. The van der Waals surface area contributed by atoms with Gasteiger partial charge in [0.15, 0.2) is 0 Å². The monoisotopic (exact) mass is 505 g/mol. The summed E-state index contributed by atoms with van der Waals surface area (Å²) in [5, 5.41) is 4.08. The van der Waals surface area contributed by atoms with E-state index in [0.29, 0.717) is 5.41 Å². The highest BCUT2D eigenvalue weighted by Crippen LogP contribution is 2.46. The SMILES string of the molecule is CCCCCCCC(CCCCC)NCC1CCC2(CC1)CN(CC(CCCC)CCCCCC)C2. The van der Waals surface area contributed by atoms with Crippen LogP contribution in [0.4, 0.5) is 0 Å². The summed E-state index contributed by atoms with van der Waals surface area (Å²) in [7, 11) is 0. The predicted octanol–water partition coefficient (Wildman–Crippen LogP) is 10.2. The fraction of sp³-hybridized carbons (Fsp3) is 1.00. The van der Waals surface area contributed by atoms with Gasteiger partial charge < -0.3 is 10.2 Å². The molecule has 2 aliphatic rings. The molecule has 1 spiro atoms.